The van der Waals surface area contributed by atoms with Crippen molar-refractivity contribution in [3.8, 4) is 5.75 Å². The molecule has 0 amide bonds. The highest BCUT2D eigenvalue weighted by molar-refractivity contribution is 6.10. The number of aromatic amines is 1. The van der Waals surface area contributed by atoms with Crippen LogP contribution < -0.4 is 4.74 Å². The maximum Gasteiger partial charge on any atom is 0.431 e. The normalized spacial score (nSPS) is 23.0. The zero-order valence-corrected chi connectivity index (χ0v) is 17.4. The van der Waals surface area contributed by atoms with Gasteiger partial charge >= 0.3 is 6.18 Å². The molecule has 1 aromatic carbocycles. The van der Waals surface area contributed by atoms with Crippen molar-refractivity contribution in [3.05, 3.63) is 53.4 Å². The fourth-order valence-electron chi connectivity index (χ4n) is 4.22. The molecule has 2 aromatic heterocycles. The molecule has 2 aliphatic rings. The molecule has 2 aliphatic heterocycles. The van der Waals surface area contributed by atoms with Gasteiger partial charge in [-0.3, -0.25) is 4.90 Å². The molecule has 0 aliphatic carbocycles. The molecule has 0 radical (unpaired) electrons. The second kappa shape index (κ2) is 8.07. The SMILES string of the molecule is C[C@@H]1CN([C@H]2COc3cc(F)ccc3C2=Nc2c(F)cnc3[nH]c(C(F)(F)F)cc23)CCO1. The third-order valence-electron chi connectivity index (χ3n) is 5.77. The monoisotopic (exact) mass is 466 g/mol. The number of ether oxygens (including phenoxy) is 2. The van der Waals surface area contributed by atoms with Gasteiger partial charge in [0.2, 0.25) is 0 Å². The Morgan fingerprint density at radius 1 is 1.21 bits per heavy atom. The topological polar surface area (TPSA) is 62.7 Å². The Morgan fingerprint density at radius 2 is 2.03 bits per heavy atom. The van der Waals surface area contributed by atoms with Crippen LogP contribution in [0.25, 0.3) is 11.0 Å². The fraction of sp³-hybridized carbons (Fsp3) is 0.364. The minimum absolute atomic E-state index is 0.0574. The molecule has 0 spiro atoms. The minimum Gasteiger partial charge on any atom is -0.491 e. The predicted octanol–water partition coefficient (Wildman–Crippen LogP) is 4.46. The van der Waals surface area contributed by atoms with E-state index in [-0.39, 0.29) is 35.2 Å². The summed E-state index contributed by atoms with van der Waals surface area (Å²) in [6, 6.07) is 4.28. The van der Waals surface area contributed by atoms with E-state index in [9.17, 15) is 22.0 Å². The number of aromatic nitrogens is 2. The molecule has 0 unspecified atom stereocenters. The van der Waals surface area contributed by atoms with E-state index in [2.05, 4.69) is 19.9 Å². The van der Waals surface area contributed by atoms with Gasteiger partial charge < -0.3 is 14.5 Å². The first-order chi connectivity index (χ1) is 15.7. The Bertz CT molecular complexity index is 1240. The van der Waals surface area contributed by atoms with Gasteiger partial charge in [-0.1, -0.05) is 0 Å². The van der Waals surface area contributed by atoms with Crippen LogP contribution in [0.15, 0.2) is 35.5 Å². The summed E-state index contributed by atoms with van der Waals surface area (Å²) in [6.45, 7) is 3.63. The van der Waals surface area contributed by atoms with Crippen molar-refractivity contribution >= 4 is 22.4 Å². The van der Waals surface area contributed by atoms with E-state index in [0.29, 0.717) is 31.0 Å². The zero-order chi connectivity index (χ0) is 23.3. The Morgan fingerprint density at radius 3 is 2.79 bits per heavy atom. The summed E-state index contributed by atoms with van der Waals surface area (Å²) >= 11 is 0. The van der Waals surface area contributed by atoms with Gasteiger partial charge in [0.15, 0.2) is 5.82 Å². The number of hydrogen-bond acceptors (Lipinski definition) is 5. The molecular formula is C22H19F5N4O2. The van der Waals surface area contributed by atoms with Crippen molar-refractivity contribution in [1.82, 2.24) is 14.9 Å². The molecule has 174 valence electrons. The first-order valence-electron chi connectivity index (χ1n) is 10.3. The molecule has 1 saturated heterocycles. The molecule has 11 heteroatoms. The van der Waals surface area contributed by atoms with Gasteiger partial charge in [0.05, 0.1) is 30.7 Å². The minimum atomic E-state index is -4.66. The van der Waals surface area contributed by atoms with E-state index in [1.807, 2.05) is 6.92 Å². The van der Waals surface area contributed by atoms with E-state index < -0.39 is 29.5 Å². The van der Waals surface area contributed by atoms with Crippen LogP contribution in [-0.4, -0.2) is 59.0 Å². The number of benzene rings is 1. The van der Waals surface area contributed by atoms with E-state index in [4.69, 9.17) is 9.47 Å². The fourth-order valence-corrected chi connectivity index (χ4v) is 4.22. The van der Waals surface area contributed by atoms with E-state index >= 15 is 0 Å². The van der Waals surface area contributed by atoms with Crippen molar-refractivity contribution in [2.45, 2.75) is 25.2 Å². The lowest BCUT2D eigenvalue weighted by Crippen LogP contribution is -2.53. The third kappa shape index (κ3) is 4.06. The second-order valence-electron chi connectivity index (χ2n) is 8.04. The molecule has 33 heavy (non-hydrogen) atoms. The zero-order valence-electron chi connectivity index (χ0n) is 17.4. The van der Waals surface area contributed by atoms with Crippen LogP contribution in [0.4, 0.5) is 27.6 Å². The lowest BCUT2D eigenvalue weighted by atomic mass is 9.97. The predicted molar refractivity (Wildman–Crippen MR) is 110 cm³/mol. The highest BCUT2D eigenvalue weighted by atomic mass is 19.4. The summed E-state index contributed by atoms with van der Waals surface area (Å²) in [7, 11) is 0. The third-order valence-corrected chi connectivity index (χ3v) is 5.77. The number of nitrogens with zero attached hydrogens (tertiary/aromatic N) is 3. The number of H-pyrrole nitrogens is 1. The van der Waals surface area contributed by atoms with Crippen LogP contribution in [0.1, 0.15) is 18.2 Å². The summed E-state index contributed by atoms with van der Waals surface area (Å²) in [5.74, 6) is -1.14. The number of morpholine rings is 1. The van der Waals surface area contributed by atoms with Crippen molar-refractivity contribution in [2.24, 2.45) is 4.99 Å². The molecule has 1 N–H and O–H groups in total. The number of nitrogens with one attached hydrogen (secondary N) is 1. The average molecular weight is 466 g/mol. The summed E-state index contributed by atoms with van der Waals surface area (Å²) in [5.41, 5.74) is -0.629. The standard InChI is InChI=1S/C22H19F5N4O2/c1-11-9-31(4-5-32-11)16-10-33-17-6-12(23)2-3-13(17)20(16)30-19-14-7-18(22(25,26)27)29-21(14)28-8-15(19)24/h2-3,6-8,11,16H,4-5,9-10H2,1H3,(H,28,29)/t11-,16+/m1/s1. The number of pyridine rings is 1. The molecule has 2 atom stereocenters. The summed E-state index contributed by atoms with van der Waals surface area (Å²) in [6.07, 6.45) is -3.88. The smallest absolute Gasteiger partial charge is 0.431 e. The van der Waals surface area contributed by atoms with E-state index in [0.717, 1.165) is 12.3 Å². The molecule has 4 heterocycles. The molecule has 5 rings (SSSR count). The molecule has 1 fully saturated rings. The van der Waals surface area contributed by atoms with Crippen LogP contribution in [0.3, 0.4) is 0 Å². The average Bonchev–Trinajstić information content (AvgIpc) is 3.21. The molecule has 3 aromatic rings. The number of rotatable bonds is 2. The highest BCUT2D eigenvalue weighted by Crippen LogP contribution is 2.37. The van der Waals surface area contributed by atoms with E-state index in [1.165, 1.54) is 18.2 Å². The van der Waals surface area contributed by atoms with Crippen LogP contribution in [-0.2, 0) is 10.9 Å². The number of hydrogen-bond donors (Lipinski definition) is 1. The summed E-state index contributed by atoms with van der Waals surface area (Å²) in [4.78, 5) is 12.5. The molecule has 0 bridgehead atoms. The lowest BCUT2D eigenvalue weighted by Gasteiger charge is -2.39. The van der Waals surface area contributed by atoms with Crippen LogP contribution in [0.2, 0.25) is 0 Å². The molecule has 6 nitrogen and oxygen atoms in total. The Balaban J connectivity index is 1.68. The number of halogens is 5. The maximum atomic E-state index is 14.9. The first kappa shape index (κ1) is 21.8. The summed E-state index contributed by atoms with van der Waals surface area (Å²) < 4.78 is 79.8. The number of aliphatic imine (C=N–C) groups is 1. The van der Waals surface area contributed by atoms with Gasteiger partial charge in [0.25, 0.3) is 0 Å². The quantitative estimate of drug-likeness (QED) is 0.567. The summed E-state index contributed by atoms with van der Waals surface area (Å²) in [5, 5.41) is -0.0981. The first-order valence-corrected chi connectivity index (χ1v) is 10.3. The van der Waals surface area contributed by atoms with Crippen LogP contribution in [0, 0.1) is 11.6 Å². The number of fused-ring (bicyclic) bond motifs is 2. The van der Waals surface area contributed by atoms with Gasteiger partial charge in [0, 0.05) is 30.1 Å². The second-order valence-corrected chi connectivity index (χ2v) is 8.04. The van der Waals surface area contributed by atoms with E-state index in [1.54, 1.807) is 0 Å². The van der Waals surface area contributed by atoms with Crippen LogP contribution in [0.5, 0.6) is 5.75 Å². The van der Waals surface area contributed by atoms with Gasteiger partial charge in [-0.25, -0.2) is 18.8 Å². The van der Waals surface area contributed by atoms with Gasteiger partial charge in [0.1, 0.15) is 35.2 Å². The van der Waals surface area contributed by atoms with Crippen molar-refractivity contribution < 1.29 is 31.4 Å². The van der Waals surface area contributed by atoms with Gasteiger partial charge in [-0.15, -0.1) is 0 Å². The largest absolute Gasteiger partial charge is 0.491 e. The van der Waals surface area contributed by atoms with Gasteiger partial charge in [-0.2, -0.15) is 13.2 Å². The van der Waals surface area contributed by atoms with Crippen molar-refractivity contribution in [2.75, 3.05) is 26.3 Å². The van der Waals surface area contributed by atoms with Gasteiger partial charge in [-0.05, 0) is 25.1 Å². The Hall–Kier alpha value is -3.05. The van der Waals surface area contributed by atoms with Crippen molar-refractivity contribution in [1.29, 1.82) is 0 Å². The lowest BCUT2D eigenvalue weighted by molar-refractivity contribution is -0.140. The molecular weight excluding hydrogens is 447 g/mol. The van der Waals surface area contributed by atoms with Crippen molar-refractivity contribution in [3.63, 3.8) is 0 Å². The maximum absolute atomic E-state index is 14.9. The molecule has 0 saturated carbocycles. The highest BCUT2D eigenvalue weighted by Gasteiger charge is 2.36. The van der Waals surface area contributed by atoms with Crippen LogP contribution >= 0.6 is 0 Å². The Labute approximate surface area is 185 Å². The Kier molecular flexibility index (Phi) is 5.32. The number of alkyl halides is 3.